The molecule has 0 bridgehead atoms. The van der Waals surface area contributed by atoms with Crippen LogP contribution in [0.2, 0.25) is 10.0 Å². The number of benzene rings is 2. The van der Waals surface area contributed by atoms with Gasteiger partial charge < -0.3 is 10.2 Å². The molecule has 0 radical (unpaired) electrons. The molecular formula is C25H28Cl2F3N5O2S. The number of hydrogen-bond acceptors (Lipinski definition) is 6. The third-order valence-corrected chi connectivity index (χ3v) is 9.02. The van der Waals surface area contributed by atoms with Gasteiger partial charge in [0.1, 0.15) is 10.7 Å². The van der Waals surface area contributed by atoms with E-state index < -0.39 is 36.7 Å². The van der Waals surface area contributed by atoms with E-state index in [1.165, 1.54) is 0 Å². The first-order valence-electron chi connectivity index (χ1n) is 12.1. The van der Waals surface area contributed by atoms with E-state index in [2.05, 4.69) is 20.0 Å². The zero-order valence-electron chi connectivity index (χ0n) is 20.8. The molecule has 1 saturated carbocycles. The van der Waals surface area contributed by atoms with Crippen LogP contribution in [-0.4, -0.2) is 45.6 Å². The zero-order chi connectivity index (χ0) is 27.7. The lowest BCUT2D eigenvalue weighted by molar-refractivity contribution is -0.137. The summed E-state index contributed by atoms with van der Waals surface area (Å²) in [4.78, 5) is 10.7. The van der Waals surface area contributed by atoms with Crippen LogP contribution in [0, 0.1) is 11.8 Å². The van der Waals surface area contributed by atoms with Crippen molar-refractivity contribution in [1.82, 2.24) is 14.7 Å². The standard InChI is InChI=1S/C25H28Cl2F3N5O2S/c1-35(2)23-18-5-3-4-6-21(18)33-24(34-23)31-13-15-7-9-16(10-8-15)14-32-38(36,37)22-19(26)11-17(12-20(22)27)25(28,29)30/h3-6,11-12,15-16,32H,7-10,13-14H2,1-2H3,(H,31,33,34). The molecule has 1 fully saturated rings. The Hall–Kier alpha value is -2.34. The fourth-order valence-electron chi connectivity index (χ4n) is 4.64. The molecular weight excluding hydrogens is 562 g/mol. The van der Waals surface area contributed by atoms with Gasteiger partial charge in [0.2, 0.25) is 16.0 Å². The van der Waals surface area contributed by atoms with Gasteiger partial charge in [-0.2, -0.15) is 18.2 Å². The highest BCUT2D eigenvalue weighted by Crippen LogP contribution is 2.38. The molecule has 1 aliphatic carbocycles. The summed E-state index contributed by atoms with van der Waals surface area (Å²) in [5, 5.41) is 3.19. The SMILES string of the molecule is CN(C)c1nc(NCC2CCC(CNS(=O)(=O)c3c(Cl)cc(C(F)(F)F)cc3Cl)CC2)nc2ccccc12. The third kappa shape index (κ3) is 6.62. The molecule has 7 nitrogen and oxygen atoms in total. The molecule has 0 spiro atoms. The zero-order valence-corrected chi connectivity index (χ0v) is 23.1. The Bertz CT molecular complexity index is 1390. The van der Waals surface area contributed by atoms with Crippen LogP contribution < -0.4 is 14.9 Å². The minimum absolute atomic E-state index is 0.0882. The molecule has 1 aliphatic rings. The van der Waals surface area contributed by atoms with E-state index in [9.17, 15) is 21.6 Å². The number of sulfonamides is 1. The van der Waals surface area contributed by atoms with Crippen LogP contribution in [-0.2, 0) is 16.2 Å². The minimum atomic E-state index is -4.69. The van der Waals surface area contributed by atoms with Crippen LogP contribution in [0.25, 0.3) is 10.9 Å². The second-order valence-electron chi connectivity index (χ2n) is 9.67. The first-order chi connectivity index (χ1) is 17.8. The largest absolute Gasteiger partial charge is 0.416 e. The van der Waals surface area contributed by atoms with Crippen molar-refractivity contribution < 1.29 is 21.6 Å². The number of nitrogens with zero attached hydrogens (tertiary/aromatic N) is 3. The first-order valence-corrected chi connectivity index (χ1v) is 14.3. The summed E-state index contributed by atoms with van der Waals surface area (Å²) < 4.78 is 66.9. The summed E-state index contributed by atoms with van der Waals surface area (Å²) in [7, 11) is -0.310. The predicted molar refractivity (Wildman–Crippen MR) is 144 cm³/mol. The van der Waals surface area contributed by atoms with E-state index >= 15 is 0 Å². The molecule has 2 aromatic carbocycles. The Morgan fingerprint density at radius 2 is 1.55 bits per heavy atom. The molecule has 1 heterocycles. The molecule has 0 atom stereocenters. The van der Waals surface area contributed by atoms with Crippen LogP contribution in [0.3, 0.4) is 0 Å². The van der Waals surface area contributed by atoms with Crippen molar-refractivity contribution >= 4 is 55.9 Å². The van der Waals surface area contributed by atoms with Crippen molar-refractivity contribution in [2.24, 2.45) is 11.8 Å². The molecule has 0 amide bonds. The number of nitrogens with one attached hydrogen (secondary N) is 2. The lowest BCUT2D eigenvalue weighted by atomic mass is 9.82. The Kier molecular flexibility index (Phi) is 8.61. The Morgan fingerprint density at radius 3 is 2.13 bits per heavy atom. The minimum Gasteiger partial charge on any atom is -0.362 e. The summed E-state index contributed by atoms with van der Waals surface area (Å²) in [6.07, 6.45) is -1.33. The lowest BCUT2D eigenvalue weighted by Crippen LogP contribution is -2.32. The molecule has 0 saturated heterocycles. The van der Waals surface area contributed by atoms with Gasteiger partial charge >= 0.3 is 6.18 Å². The Balaban J connectivity index is 1.32. The molecule has 0 aliphatic heterocycles. The molecule has 3 aromatic rings. The van der Waals surface area contributed by atoms with E-state index in [4.69, 9.17) is 23.2 Å². The molecule has 4 rings (SSSR count). The van der Waals surface area contributed by atoms with Crippen molar-refractivity contribution in [1.29, 1.82) is 0 Å². The maximum absolute atomic E-state index is 13.0. The summed E-state index contributed by atoms with van der Waals surface area (Å²) in [5.74, 6) is 1.86. The average Bonchev–Trinajstić information content (AvgIpc) is 2.85. The Morgan fingerprint density at radius 1 is 0.974 bits per heavy atom. The summed E-state index contributed by atoms with van der Waals surface area (Å²) in [6, 6.07) is 8.97. The maximum atomic E-state index is 13.0. The fraction of sp³-hybridized carbons (Fsp3) is 0.440. The topological polar surface area (TPSA) is 87.2 Å². The number of anilines is 2. The summed E-state index contributed by atoms with van der Waals surface area (Å²) in [6.45, 7) is 0.844. The van der Waals surface area contributed by atoms with Crippen LogP contribution >= 0.6 is 23.2 Å². The number of para-hydroxylation sites is 1. The van der Waals surface area contributed by atoms with E-state index in [0.717, 1.165) is 42.4 Å². The maximum Gasteiger partial charge on any atom is 0.416 e. The van der Waals surface area contributed by atoms with Crippen molar-refractivity contribution in [2.45, 2.75) is 36.8 Å². The van der Waals surface area contributed by atoms with Crippen molar-refractivity contribution in [3.8, 4) is 0 Å². The van der Waals surface area contributed by atoms with Gasteiger partial charge in [-0.25, -0.2) is 18.1 Å². The molecule has 1 aromatic heterocycles. The first kappa shape index (κ1) is 28.7. The lowest BCUT2D eigenvalue weighted by Gasteiger charge is -2.29. The molecule has 38 heavy (non-hydrogen) atoms. The van der Waals surface area contributed by atoms with Crippen molar-refractivity contribution in [3.63, 3.8) is 0 Å². The van der Waals surface area contributed by atoms with Crippen LogP contribution in [0.4, 0.5) is 24.9 Å². The smallest absolute Gasteiger partial charge is 0.362 e. The molecule has 13 heteroatoms. The second kappa shape index (κ2) is 11.4. The van der Waals surface area contributed by atoms with Gasteiger partial charge in [0.15, 0.2) is 0 Å². The number of aromatic nitrogens is 2. The van der Waals surface area contributed by atoms with Gasteiger partial charge in [0, 0.05) is 32.6 Å². The average molecular weight is 590 g/mol. The van der Waals surface area contributed by atoms with Crippen molar-refractivity contribution in [2.75, 3.05) is 37.4 Å². The van der Waals surface area contributed by atoms with Gasteiger partial charge in [-0.05, 0) is 61.8 Å². The quantitative estimate of drug-likeness (QED) is 0.324. The van der Waals surface area contributed by atoms with Gasteiger partial charge in [-0.15, -0.1) is 0 Å². The Labute approximate surface area is 229 Å². The fourth-order valence-corrected chi connectivity index (χ4v) is 6.96. The van der Waals surface area contributed by atoms with E-state index in [-0.39, 0.29) is 12.5 Å². The van der Waals surface area contributed by atoms with Crippen LogP contribution in [0.15, 0.2) is 41.3 Å². The van der Waals surface area contributed by atoms with Gasteiger partial charge in [-0.1, -0.05) is 35.3 Å². The summed E-state index contributed by atoms with van der Waals surface area (Å²) in [5.41, 5.74) is -0.247. The van der Waals surface area contributed by atoms with E-state index in [0.29, 0.717) is 30.5 Å². The highest BCUT2D eigenvalue weighted by Gasteiger charge is 2.34. The highest BCUT2D eigenvalue weighted by atomic mass is 35.5. The number of alkyl halides is 3. The molecule has 2 N–H and O–H groups in total. The number of hydrogen-bond donors (Lipinski definition) is 2. The van der Waals surface area contributed by atoms with Crippen LogP contribution in [0.5, 0.6) is 0 Å². The number of fused-ring (bicyclic) bond motifs is 1. The third-order valence-electron chi connectivity index (χ3n) is 6.68. The van der Waals surface area contributed by atoms with E-state index in [1.54, 1.807) is 0 Å². The van der Waals surface area contributed by atoms with Crippen LogP contribution in [0.1, 0.15) is 31.2 Å². The number of rotatable bonds is 8. The monoisotopic (exact) mass is 589 g/mol. The van der Waals surface area contributed by atoms with Crippen molar-refractivity contribution in [3.05, 3.63) is 52.0 Å². The second-order valence-corrected chi connectivity index (χ2v) is 12.2. The molecule has 0 unspecified atom stereocenters. The molecule has 206 valence electrons. The van der Waals surface area contributed by atoms with E-state index in [1.807, 2.05) is 43.3 Å². The summed E-state index contributed by atoms with van der Waals surface area (Å²) >= 11 is 11.8. The van der Waals surface area contributed by atoms with Gasteiger partial charge in [-0.3, -0.25) is 0 Å². The highest BCUT2D eigenvalue weighted by molar-refractivity contribution is 7.89. The number of halogens is 5. The van der Waals surface area contributed by atoms with Gasteiger partial charge in [0.05, 0.1) is 21.1 Å². The predicted octanol–water partition coefficient (Wildman–Crippen LogP) is 6.22. The normalized spacial score (nSPS) is 18.5. The van der Waals surface area contributed by atoms with Gasteiger partial charge in [0.25, 0.3) is 0 Å².